The second-order valence-corrected chi connectivity index (χ2v) is 6.63. The van der Waals surface area contributed by atoms with Gasteiger partial charge < -0.3 is 14.8 Å². The van der Waals surface area contributed by atoms with Crippen molar-refractivity contribution in [3.05, 3.63) is 29.8 Å². The number of hydrogen-bond donors (Lipinski definition) is 1. The van der Waals surface area contributed by atoms with Crippen LogP contribution < -0.4 is 10.1 Å². The summed E-state index contributed by atoms with van der Waals surface area (Å²) in [5, 5.41) is 2.96. The maximum atomic E-state index is 12.1. The second-order valence-electron chi connectivity index (χ2n) is 6.63. The zero-order valence-electron chi connectivity index (χ0n) is 15.3. The zero-order chi connectivity index (χ0) is 18.2. The first-order valence-corrected chi connectivity index (χ1v) is 8.79. The maximum Gasteiger partial charge on any atom is 0.257 e. The Morgan fingerprint density at radius 3 is 2.40 bits per heavy atom. The van der Waals surface area contributed by atoms with Crippen molar-refractivity contribution in [1.29, 1.82) is 0 Å². The highest BCUT2D eigenvalue weighted by Crippen LogP contribution is 2.13. The van der Waals surface area contributed by atoms with Gasteiger partial charge in [0, 0.05) is 31.2 Å². The van der Waals surface area contributed by atoms with E-state index in [0.29, 0.717) is 29.8 Å². The van der Waals surface area contributed by atoms with Gasteiger partial charge in [0.15, 0.2) is 12.4 Å². The molecule has 1 aliphatic heterocycles. The summed E-state index contributed by atoms with van der Waals surface area (Å²) in [7, 11) is 0. The predicted molar refractivity (Wildman–Crippen MR) is 96.0 cm³/mol. The van der Waals surface area contributed by atoms with E-state index in [1.807, 2.05) is 0 Å². The van der Waals surface area contributed by atoms with E-state index in [4.69, 9.17) is 9.47 Å². The van der Waals surface area contributed by atoms with Crippen LogP contribution in [-0.2, 0) is 9.53 Å². The van der Waals surface area contributed by atoms with E-state index in [2.05, 4.69) is 24.1 Å². The van der Waals surface area contributed by atoms with Crippen LogP contribution in [-0.4, -0.2) is 62.1 Å². The van der Waals surface area contributed by atoms with Gasteiger partial charge >= 0.3 is 0 Å². The summed E-state index contributed by atoms with van der Waals surface area (Å²) in [6.45, 7) is 9.71. The summed E-state index contributed by atoms with van der Waals surface area (Å²) in [6, 6.07) is 7.09. The third-order valence-electron chi connectivity index (χ3n) is 4.42. The van der Waals surface area contributed by atoms with Crippen molar-refractivity contribution in [1.82, 2.24) is 10.2 Å². The number of hydrogen-bond acceptors (Lipinski definition) is 5. The molecule has 0 saturated carbocycles. The molecule has 1 aliphatic rings. The van der Waals surface area contributed by atoms with Gasteiger partial charge in [-0.05, 0) is 37.1 Å². The fourth-order valence-corrected chi connectivity index (χ4v) is 2.90. The molecule has 1 fully saturated rings. The van der Waals surface area contributed by atoms with Gasteiger partial charge in [0.25, 0.3) is 5.91 Å². The van der Waals surface area contributed by atoms with Gasteiger partial charge in [0.1, 0.15) is 5.75 Å². The van der Waals surface area contributed by atoms with Crippen LogP contribution in [0.15, 0.2) is 24.3 Å². The molecule has 2 rings (SSSR count). The highest BCUT2D eigenvalue weighted by atomic mass is 16.5. The van der Waals surface area contributed by atoms with Crippen LogP contribution in [0.3, 0.4) is 0 Å². The first-order chi connectivity index (χ1) is 12.0. The summed E-state index contributed by atoms with van der Waals surface area (Å²) in [4.78, 5) is 25.7. The molecule has 25 heavy (non-hydrogen) atoms. The first kappa shape index (κ1) is 19.4. The molecule has 1 amide bonds. The molecule has 0 bridgehead atoms. The van der Waals surface area contributed by atoms with E-state index >= 15 is 0 Å². The lowest BCUT2D eigenvalue weighted by Crippen LogP contribution is -2.51. The predicted octanol–water partition coefficient (Wildman–Crippen LogP) is 1.74. The first-order valence-electron chi connectivity index (χ1n) is 8.79. The minimum absolute atomic E-state index is 0.00660. The lowest BCUT2D eigenvalue weighted by atomic mass is 10.0. The zero-order valence-corrected chi connectivity index (χ0v) is 15.3. The quantitative estimate of drug-likeness (QED) is 0.725. The van der Waals surface area contributed by atoms with Crippen LogP contribution in [0.1, 0.15) is 31.1 Å². The molecule has 1 aromatic carbocycles. The molecule has 1 unspecified atom stereocenters. The number of carbonyl (C=O) groups excluding carboxylic acids is 2. The Kier molecular flexibility index (Phi) is 7.40. The van der Waals surface area contributed by atoms with Gasteiger partial charge in [-0.1, -0.05) is 13.8 Å². The minimum atomic E-state index is -0.144. The molecular formula is C19H28N2O4. The van der Waals surface area contributed by atoms with E-state index in [9.17, 15) is 9.59 Å². The van der Waals surface area contributed by atoms with Gasteiger partial charge in [0.2, 0.25) is 0 Å². The van der Waals surface area contributed by atoms with Crippen LogP contribution in [0.4, 0.5) is 0 Å². The molecule has 1 heterocycles. The van der Waals surface area contributed by atoms with Crippen LogP contribution in [0.2, 0.25) is 0 Å². The topological polar surface area (TPSA) is 67.9 Å². The smallest absolute Gasteiger partial charge is 0.257 e. The summed E-state index contributed by atoms with van der Waals surface area (Å²) in [5.41, 5.74) is 0.627. The van der Waals surface area contributed by atoms with Crippen LogP contribution in [0, 0.1) is 5.92 Å². The van der Waals surface area contributed by atoms with Crippen molar-refractivity contribution in [3.63, 3.8) is 0 Å². The van der Waals surface area contributed by atoms with Gasteiger partial charge in [-0.2, -0.15) is 0 Å². The van der Waals surface area contributed by atoms with Crippen molar-refractivity contribution < 1.29 is 19.1 Å². The number of carbonyl (C=O) groups is 2. The Morgan fingerprint density at radius 2 is 1.84 bits per heavy atom. The number of rotatable bonds is 8. The summed E-state index contributed by atoms with van der Waals surface area (Å²) < 4.78 is 10.9. The number of nitrogens with zero attached hydrogens (tertiary/aromatic N) is 1. The van der Waals surface area contributed by atoms with E-state index in [0.717, 1.165) is 26.3 Å². The van der Waals surface area contributed by atoms with Crippen molar-refractivity contribution in [2.75, 3.05) is 39.5 Å². The van der Waals surface area contributed by atoms with E-state index in [-0.39, 0.29) is 18.3 Å². The number of ketones is 1. The number of benzene rings is 1. The fourth-order valence-electron chi connectivity index (χ4n) is 2.90. The Bertz CT molecular complexity index is 565. The third-order valence-corrected chi connectivity index (χ3v) is 4.42. The van der Waals surface area contributed by atoms with Gasteiger partial charge in [-0.25, -0.2) is 0 Å². The lowest BCUT2D eigenvalue weighted by molar-refractivity contribution is -0.123. The van der Waals surface area contributed by atoms with E-state index in [1.54, 1.807) is 24.3 Å². The fraction of sp³-hybridized carbons (Fsp3) is 0.579. The minimum Gasteiger partial charge on any atom is -0.484 e. The third kappa shape index (κ3) is 6.14. The van der Waals surface area contributed by atoms with E-state index in [1.165, 1.54) is 6.92 Å². The Morgan fingerprint density at radius 1 is 1.20 bits per heavy atom. The second kappa shape index (κ2) is 9.53. The molecule has 1 aromatic rings. The van der Waals surface area contributed by atoms with Crippen molar-refractivity contribution in [2.24, 2.45) is 5.92 Å². The molecule has 1 saturated heterocycles. The standard InChI is InChI=1S/C19H28N2O4/c1-14(2)18(21-8-10-24-11-9-21)12-20-19(23)13-25-17-6-4-16(5-7-17)15(3)22/h4-7,14,18H,8-13H2,1-3H3,(H,20,23). The van der Waals surface area contributed by atoms with Gasteiger partial charge in [-0.15, -0.1) is 0 Å². The van der Waals surface area contributed by atoms with Gasteiger partial charge in [0.05, 0.1) is 13.2 Å². The SMILES string of the molecule is CC(=O)c1ccc(OCC(=O)NCC(C(C)C)N2CCOCC2)cc1. The Labute approximate surface area is 149 Å². The lowest BCUT2D eigenvalue weighted by Gasteiger charge is -2.36. The highest BCUT2D eigenvalue weighted by molar-refractivity contribution is 5.94. The molecular weight excluding hydrogens is 320 g/mol. The monoisotopic (exact) mass is 348 g/mol. The molecule has 0 aliphatic carbocycles. The molecule has 138 valence electrons. The normalized spacial score (nSPS) is 16.5. The van der Waals surface area contributed by atoms with E-state index < -0.39 is 0 Å². The summed E-state index contributed by atoms with van der Waals surface area (Å²) in [5.74, 6) is 0.883. The number of morpholine rings is 1. The Hall–Kier alpha value is -1.92. The number of nitrogens with one attached hydrogen (secondary N) is 1. The number of ether oxygens (including phenoxy) is 2. The number of amides is 1. The van der Waals surface area contributed by atoms with Crippen molar-refractivity contribution in [3.8, 4) is 5.75 Å². The maximum absolute atomic E-state index is 12.1. The highest BCUT2D eigenvalue weighted by Gasteiger charge is 2.24. The van der Waals surface area contributed by atoms with Crippen molar-refractivity contribution >= 4 is 11.7 Å². The Balaban J connectivity index is 1.77. The van der Waals surface area contributed by atoms with Gasteiger partial charge in [-0.3, -0.25) is 14.5 Å². The summed E-state index contributed by atoms with van der Waals surface area (Å²) >= 11 is 0. The molecule has 0 radical (unpaired) electrons. The number of Topliss-reactive ketones (excluding diaryl/α,β-unsaturated/α-hetero) is 1. The molecule has 6 nitrogen and oxygen atoms in total. The van der Waals surface area contributed by atoms with Crippen molar-refractivity contribution in [2.45, 2.75) is 26.8 Å². The van der Waals surface area contributed by atoms with Crippen LogP contribution >= 0.6 is 0 Å². The van der Waals surface area contributed by atoms with Crippen LogP contribution in [0.5, 0.6) is 5.75 Å². The molecule has 1 atom stereocenters. The summed E-state index contributed by atoms with van der Waals surface area (Å²) in [6.07, 6.45) is 0. The average Bonchev–Trinajstić information content (AvgIpc) is 2.61. The largest absolute Gasteiger partial charge is 0.484 e. The van der Waals surface area contributed by atoms with Crippen LogP contribution in [0.25, 0.3) is 0 Å². The molecule has 6 heteroatoms. The molecule has 0 aromatic heterocycles. The molecule has 0 spiro atoms. The average molecular weight is 348 g/mol. The molecule has 1 N–H and O–H groups in total.